The van der Waals surface area contributed by atoms with Crippen LogP contribution >= 0.6 is 11.8 Å². The van der Waals surface area contributed by atoms with Crippen LogP contribution in [0.4, 0.5) is 11.4 Å². The molecule has 138 valence electrons. The van der Waals surface area contributed by atoms with Gasteiger partial charge in [0.15, 0.2) is 0 Å². The van der Waals surface area contributed by atoms with Crippen molar-refractivity contribution in [1.82, 2.24) is 0 Å². The second-order valence-electron chi connectivity index (χ2n) is 7.33. The van der Waals surface area contributed by atoms with Crippen molar-refractivity contribution in [3.63, 3.8) is 0 Å². The number of benzene rings is 2. The molecule has 0 saturated carbocycles. The van der Waals surface area contributed by atoms with Crippen molar-refractivity contribution in [2.24, 2.45) is 5.92 Å². The fourth-order valence-corrected chi connectivity index (χ4v) is 4.18. The molecule has 1 fully saturated rings. The molecule has 1 N–H and O–H groups in total. The molecule has 0 spiro atoms. The first-order valence-electron chi connectivity index (χ1n) is 9.45. The lowest BCUT2D eigenvalue weighted by Gasteiger charge is -2.32. The van der Waals surface area contributed by atoms with Crippen LogP contribution in [0.15, 0.2) is 53.4 Å². The molecule has 0 unspecified atom stereocenters. The Bertz CT molecular complexity index is 734. The average molecular weight is 369 g/mol. The van der Waals surface area contributed by atoms with Crippen molar-refractivity contribution in [3.05, 3.63) is 54.1 Å². The molecule has 1 aliphatic heterocycles. The molecule has 0 bridgehead atoms. The van der Waals surface area contributed by atoms with Crippen molar-refractivity contribution in [3.8, 4) is 0 Å². The molecule has 1 aliphatic rings. The first-order chi connectivity index (χ1) is 12.5. The van der Waals surface area contributed by atoms with E-state index >= 15 is 0 Å². The lowest BCUT2D eigenvalue weighted by atomic mass is 9.99. The van der Waals surface area contributed by atoms with Crippen molar-refractivity contribution in [2.45, 2.75) is 43.8 Å². The van der Waals surface area contributed by atoms with Crippen LogP contribution in [0.25, 0.3) is 0 Å². The number of amides is 1. The largest absolute Gasteiger partial charge is 0.372 e. The van der Waals surface area contributed by atoms with Gasteiger partial charge in [0.2, 0.25) is 0 Å². The van der Waals surface area contributed by atoms with Crippen LogP contribution in [-0.4, -0.2) is 24.2 Å². The number of rotatable bonds is 5. The number of hydrogen-bond acceptors (Lipinski definition) is 3. The third-order valence-corrected chi connectivity index (χ3v) is 5.85. The van der Waals surface area contributed by atoms with Crippen LogP contribution in [0, 0.1) is 5.92 Å². The van der Waals surface area contributed by atoms with E-state index in [0.717, 1.165) is 35.2 Å². The molecule has 3 nitrogen and oxygen atoms in total. The van der Waals surface area contributed by atoms with E-state index in [9.17, 15) is 4.79 Å². The molecule has 26 heavy (non-hydrogen) atoms. The molecule has 0 radical (unpaired) electrons. The average Bonchev–Trinajstić information content (AvgIpc) is 2.63. The molecule has 1 heterocycles. The highest BCUT2D eigenvalue weighted by Crippen LogP contribution is 2.28. The standard InChI is InChI=1S/C22H28N2OS/c1-16(2)26-21-7-5-4-6-20(21)22(25)23-18-8-10-19(11-9-18)24-14-12-17(3)13-15-24/h4-11,16-17H,12-15H2,1-3H3,(H,23,25). The first-order valence-corrected chi connectivity index (χ1v) is 10.3. The number of thioether (sulfide) groups is 1. The van der Waals surface area contributed by atoms with Gasteiger partial charge in [-0.2, -0.15) is 0 Å². The summed E-state index contributed by atoms with van der Waals surface area (Å²) in [6, 6.07) is 16.0. The first kappa shape index (κ1) is 18.8. The smallest absolute Gasteiger partial charge is 0.256 e. The number of anilines is 2. The van der Waals surface area contributed by atoms with Crippen molar-refractivity contribution < 1.29 is 4.79 Å². The number of carbonyl (C=O) groups is 1. The fraction of sp³-hybridized carbons (Fsp3) is 0.409. The maximum absolute atomic E-state index is 12.7. The summed E-state index contributed by atoms with van der Waals surface area (Å²) in [4.78, 5) is 16.2. The van der Waals surface area contributed by atoms with E-state index < -0.39 is 0 Å². The third-order valence-electron chi connectivity index (χ3n) is 4.77. The van der Waals surface area contributed by atoms with E-state index in [1.165, 1.54) is 18.5 Å². The summed E-state index contributed by atoms with van der Waals surface area (Å²) in [5, 5.41) is 3.48. The van der Waals surface area contributed by atoms with Crippen LogP contribution in [0.2, 0.25) is 0 Å². The topological polar surface area (TPSA) is 32.3 Å². The maximum Gasteiger partial charge on any atom is 0.256 e. The highest BCUT2D eigenvalue weighted by atomic mass is 32.2. The highest BCUT2D eigenvalue weighted by molar-refractivity contribution is 8.00. The Morgan fingerprint density at radius 3 is 2.38 bits per heavy atom. The normalized spacial score (nSPS) is 15.3. The SMILES string of the molecule is CC1CCN(c2ccc(NC(=O)c3ccccc3SC(C)C)cc2)CC1. The van der Waals surface area contributed by atoms with Gasteiger partial charge in [0.1, 0.15) is 0 Å². The molecular weight excluding hydrogens is 340 g/mol. The van der Waals surface area contributed by atoms with Crippen LogP contribution in [0.1, 0.15) is 44.0 Å². The van der Waals surface area contributed by atoms with E-state index in [1.54, 1.807) is 11.8 Å². The Kier molecular flexibility index (Phi) is 6.25. The number of nitrogens with one attached hydrogen (secondary N) is 1. The summed E-state index contributed by atoms with van der Waals surface area (Å²) in [7, 11) is 0. The Morgan fingerprint density at radius 1 is 1.08 bits per heavy atom. The van der Waals surface area contributed by atoms with Gasteiger partial charge in [0, 0.05) is 34.6 Å². The molecule has 2 aromatic carbocycles. The lowest BCUT2D eigenvalue weighted by molar-refractivity contribution is 0.102. The van der Waals surface area contributed by atoms with Gasteiger partial charge < -0.3 is 10.2 Å². The Morgan fingerprint density at radius 2 is 1.73 bits per heavy atom. The summed E-state index contributed by atoms with van der Waals surface area (Å²) in [5.74, 6) is 0.780. The Labute approximate surface area is 161 Å². The number of nitrogens with zero attached hydrogens (tertiary/aromatic N) is 1. The molecule has 0 atom stereocenters. The summed E-state index contributed by atoms with van der Waals surface area (Å²) < 4.78 is 0. The van der Waals surface area contributed by atoms with Crippen LogP contribution in [-0.2, 0) is 0 Å². The minimum atomic E-state index is -0.0479. The predicted octanol–water partition coefficient (Wildman–Crippen LogP) is 5.68. The zero-order valence-corrected chi connectivity index (χ0v) is 16.7. The minimum absolute atomic E-state index is 0.0479. The minimum Gasteiger partial charge on any atom is -0.372 e. The van der Waals surface area contributed by atoms with Gasteiger partial charge in [-0.15, -0.1) is 11.8 Å². The quantitative estimate of drug-likeness (QED) is 0.690. The van der Waals surface area contributed by atoms with Crippen LogP contribution < -0.4 is 10.2 Å². The summed E-state index contributed by atoms with van der Waals surface area (Å²) >= 11 is 1.72. The number of hydrogen-bond donors (Lipinski definition) is 1. The van der Waals surface area contributed by atoms with Crippen LogP contribution in [0.3, 0.4) is 0 Å². The van der Waals surface area contributed by atoms with E-state index in [4.69, 9.17) is 0 Å². The molecule has 0 aliphatic carbocycles. The molecule has 1 amide bonds. The van der Waals surface area contributed by atoms with Gasteiger partial charge in [-0.25, -0.2) is 0 Å². The summed E-state index contributed by atoms with van der Waals surface area (Å²) in [5.41, 5.74) is 2.82. The van der Waals surface area contributed by atoms with Gasteiger partial charge >= 0.3 is 0 Å². The zero-order valence-electron chi connectivity index (χ0n) is 15.9. The van der Waals surface area contributed by atoms with Gasteiger partial charge in [-0.05, 0) is 55.2 Å². The molecule has 2 aromatic rings. The highest BCUT2D eigenvalue weighted by Gasteiger charge is 2.16. The second kappa shape index (κ2) is 8.63. The van der Waals surface area contributed by atoms with E-state index in [0.29, 0.717) is 5.25 Å². The Hall–Kier alpha value is -1.94. The fourth-order valence-electron chi connectivity index (χ4n) is 3.23. The van der Waals surface area contributed by atoms with Gasteiger partial charge in [0.25, 0.3) is 5.91 Å². The predicted molar refractivity (Wildman–Crippen MR) is 112 cm³/mol. The molecular formula is C22H28N2OS. The zero-order chi connectivity index (χ0) is 18.5. The number of piperidine rings is 1. The third kappa shape index (κ3) is 4.82. The molecule has 4 heteroatoms. The van der Waals surface area contributed by atoms with Gasteiger partial charge in [-0.1, -0.05) is 32.9 Å². The summed E-state index contributed by atoms with van der Waals surface area (Å²) in [6.45, 7) is 8.84. The van der Waals surface area contributed by atoms with E-state index in [1.807, 2.05) is 36.4 Å². The summed E-state index contributed by atoms with van der Waals surface area (Å²) in [6.07, 6.45) is 2.51. The molecule has 3 rings (SSSR count). The monoisotopic (exact) mass is 368 g/mol. The van der Waals surface area contributed by atoms with Gasteiger partial charge in [-0.3, -0.25) is 4.79 Å². The van der Waals surface area contributed by atoms with E-state index in [2.05, 4.69) is 43.1 Å². The molecule has 1 saturated heterocycles. The van der Waals surface area contributed by atoms with Crippen molar-refractivity contribution >= 4 is 29.0 Å². The number of carbonyl (C=O) groups excluding carboxylic acids is 1. The maximum atomic E-state index is 12.7. The van der Waals surface area contributed by atoms with Gasteiger partial charge in [0.05, 0.1) is 5.56 Å². The van der Waals surface area contributed by atoms with Crippen molar-refractivity contribution in [1.29, 1.82) is 0 Å². The lowest BCUT2D eigenvalue weighted by Crippen LogP contribution is -2.32. The second-order valence-corrected chi connectivity index (χ2v) is 8.95. The molecule has 0 aromatic heterocycles. The Balaban J connectivity index is 1.67. The van der Waals surface area contributed by atoms with Crippen molar-refractivity contribution in [2.75, 3.05) is 23.3 Å². The van der Waals surface area contributed by atoms with Crippen LogP contribution in [0.5, 0.6) is 0 Å². The van der Waals surface area contributed by atoms with E-state index in [-0.39, 0.29) is 5.91 Å².